The van der Waals surface area contributed by atoms with E-state index in [1.807, 2.05) is 12.1 Å². The lowest BCUT2D eigenvalue weighted by Crippen LogP contribution is -2.43. The Bertz CT molecular complexity index is 807. The number of ether oxygens (including phenoxy) is 1. The Morgan fingerprint density at radius 3 is 2.67 bits per heavy atom. The fourth-order valence-corrected chi connectivity index (χ4v) is 3.34. The largest absolute Gasteiger partial charge is 0.493 e. The number of nitrogens with one attached hydrogen (secondary N) is 1. The van der Waals surface area contributed by atoms with Gasteiger partial charge in [-0.15, -0.1) is 0 Å². The van der Waals surface area contributed by atoms with Gasteiger partial charge in [0.05, 0.1) is 6.61 Å². The van der Waals surface area contributed by atoms with Gasteiger partial charge in [0, 0.05) is 18.4 Å². The summed E-state index contributed by atoms with van der Waals surface area (Å²) in [6.45, 7) is 2.55. The lowest BCUT2D eigenvalue weighted by molar-refractivity contribution is -0.191. The molecule has 7 heteroatoms. The Morgan fingerprint density at radius 2 is 2.00 bits per heavy atom. The molecule has 4 nitrogen and oxygen atoms in total. The van der Waals surface area contributed by atoms with Crippen molar-refractivity contribution in [3.05, 3.63) is 42.0 Å². The highest BCUT2D eigenvalue weighted by Gasteiger charge is 2.47. The Hall–Kier alpha value is -2.28. The van der Waals surface area contributed by atoms with Crippen molar-refractivity contribution in [3.63, 3.8) is 0 Å². The third-order valence-corrected chi connectivity index (χ3v) is 4.64. The summed E-state index contributed by atoms with van der Waals surface area (Å²) in [5.41, 5.74) is 2.38. The predicted molar refractivity (Wildman–Crippen MR) is 97.2 cm³/mol. The van der Waals surface area contributed by atoms with Gasteiger partial charge >= 0.3 is 6.18 Å². The van der Waals surface area contributed by atoms with Crippen molar-refractivity contribution in [1.29, 1.82) is 0 Å². The molecule has 0 bridgehead atoms. The highest BCUT2D eigenvalue weighted by Crippen LogP contribution is 2.41. The molecule has 146 valence electrons. The highest BCUT2D eigenvalue weighted by atomic mass is 19.4. The van der Waals surface area contributed by atoms with Gasteiger partial charge < -0.3 is 4.74 Å². The molecule has 1 amide bonds. The zero-order valence-corrected chi connectivity index (χ0v) is 15.2. The molecule has 1 heterocycles. The monoisotopic (exact) mass is 380 g/mol. The van der Waals surface area contributed by atoms with Crippen LogP contribution in [0.3, 0.4) is 0 Å². The summed E-state index contributed by atoms with van der Waals surface area (Å²) in [6, 6.07) is 8.30. The third-order valence-electron chi connectivity index (χ3n) is 4.64. The molecular formula is C20H23F3N2O2. The van der Waals surface area contributed by atoms with Gasteiger partial charge in [0.2, 0.25) is 5.91 Å². The summed E-state index contributed by atoms with van der Waals surface area (Å²) in [6.07, 6.45) is -1.59. The van der Waals surface area contributed by atoms with Gasteiger partial charge in [-0.25, -0.2) is 5.01 Å². The van der Waals surface area contributed by atoms with E-state index in [2.05, 4.69) is 12.3 Å². The standard InChI is InChI=1S/C20H23F3N2O2/c1-2-3-6-11-27-17-13-15(12-14-7-4-5-8-16(14)17)19(20(21,22)23)25-10-9-18(26)24-25/h4-5,7-8,12-13,19H,2-3,6,9-11H2,1H3,(H,24,26)/t19-/m0/s1. The van der Waals surface area contributed by atoms with Gasteiger partial charge in [-0.1, -0.05) is 44.0 Å². The normalized spacial score (nSPS) is 16.5. The number of hydrogen-bond donors (Lipinski definition) is 1. The number of carbonyl (C=O) groups excluding carboxylic acids is 1. The van der Waals surface area contributed by atoms with Gasteiger partial charge in [0.15, 0.2) is 0 Å². The first-order valence-electron chi connectivity index (χ1n) is 9.18. The quantitative estimate of drug-likeness (QED) is 0.705. The molecule has 0 radical (unpaired) electrons. The number of rotatable bonds is 7. The third kappa shape index (κ3) is 4.53. The summed E-state index contributed by atoms with van der Waals surface area (Å²) < 4.78 is 47.3. The molecule has 1 aliphatic heterocycles. The Labute approximate surface area is 156 Å². The maximum atomic E-state index is 13.8. The van der Waals surface area contributed by atoms with Crippen molar-refractivity contribution in [2.75, 3.05) is 13.2 Å². The van der Waals surface area contributed by atoms with Crippen molar-refractivity contribution in [1.82, 2.24) is 10.4 Å². The van der Waals surface area contributed by atoms with Gasteiger partial charge in [-0.2, -0.15) is 13.2 Å². The van der Waals surface area contributed by atoms with Crippen LogP contribution in [0.5, 0.6) is 5.75 Å². The van der Waals surface area contributed by atoms with E-state index >= 15 is 0 Å². The first-order chi connectivity index (χ1) is 12.9. The molecule has 0 aromatic heterocycles. The number of halogens is 3. The fourth-order valence-electron chi connectivity index (χ4n) is 3.34. The number of carbonyl (C=O) groups is 1. The van der Waals surface area contributed by atoms with Crippen LogP contribution in [0.15, 0.2) is 36.4 Å². The molecular weight excluding hydrogens is 357 g/mol. The van der Waals surface area contributed by atoms with E-state index < -0.39 is 18.1 Å². The zero-order chi connectivity index (χ0) is 19.4. The number of hydrazine groups is 1. The van der Waals surface area contributed by atoms with E-state index in [0.717, 1.165) is 29.7 Å². The minimum atomic E-state index is -4.53. The molecule has 1 saturated heterocycles. The van der Waals surface area contributed by atoms with Crippen molar-refractivity contribution in [3.8, 4) is 5.75 Å². The topological polar surface area (TPSA) is 41.6 Å². The van der Waals surface area contributed by atoms with E-state index in [9.17, 15) is 18.0 Å². The van der Waals surface area contributed by atoms with Crippen molar-refractivity contribution < 1.29 is 22.7 Å². The minimum absolute atomic E-state index is 0.0164. The Morgan fingerprint density at radius 1 is 1.22 bits per heavy atom. The van der Waals surface area contributed by atoms with E-state index in [4.69, 9.17) is 4.74 Å². The average Bonchev–Trinajstić information content (AvgIpc) is 3.03. The Balaban J connectivity index is 1.99. The summed E-state index contributed by atoms with van der Waals surface area (Å²) in [5.74, 6) is 0.0417. The van der Waals surface area contributed by atoms with Crippen LogP contribution in [-0.4, -0.2) is 30.2 Å². The first-order valence-corrected chi connectivity index (χ1v) is 9.18. The first kappa shape index (κ1) is 19.5. The lowest BCUT2D eigenvalue weighted by Gasteiger charge is -2.29. The second-order valence-corrected chi connectivity index (χ2v) is 6.72. The number of amides is 1. The van der Waals surface area contributed by atoms with Crippen molar-refractivity contribution in [2.45, 2.75) is 44.8 Å². The Kier molecular flexibility index (Phi) is 5.89. The molecule has 27 heavy (non-hydrogen) atoms. The lowest BCUT2D eigenvalue weighted by atomic mass is 10.00. The van der Waals surface area contributed by atoms with Gasteiger partial charge in [0.1, 0.15) is 11.8 Å². The number of alkyl halides is 3. The van der Waals surface area contributed by atoms with E-state index in [1.54, 1.807) is 12.1 Å². The van der Waals surface area contributed by atoms with Crippen LogP contribution in [0.2, 0.25) is 0 Å². The minimum Gasteiger partial charge on any atom is -0.493 e. The molecule has 2 aromatic carbocycles. The van der Waals surface area contributed by atoms with E-state index in [-0.39, 0.29) is 18.5 Å². The number of unbranched alkanes of at least 4 members (excludes halogenated alkanes) is 2. The molecule has 3 rings (SSSR count). The van der Waals surface area contributed by atoms with E-state index in [0.29, 0.717) is 17.7 Å². The van der Waals surface area contributed by atoms with Crippen LogP contribution in [0.25, 0.3) is 10.8 Å². The van der Waals surface area contributed by atoms with Crippen LogP contribution in [-0.2, 0) is 4.79 Å². The van der Waals surface area contributed by atoms with Crippen LogP contribution in [0.1, 0.15) is 44.2 Å². The molecule has 1 aliphatic rings. The highest BCUT2D eigenvalue weighted by molar-refractivity contribution is 5.89. The van der Waals surface area contributed by atoms with E-state index in [1.165, 1.54) is 12.1 Å². The molecule has 0 saturated carbocycles. The van der Waals surface area contributed by atoms with Crippen LogP contribution < -0.4 is 10.2 Å². The van der Waals surface area contributed by atoms with Gasteiger partial charge in [0.25, 0.3) is 0 Å². The van der Waals surface area contributed by atoms with Crippen molar-refractivity contribution in [2.24, 2.45) is 0 Å². The SMILES string of the molecule is CCCCCOc1cc([C@H](N2CCC(=O)N2)C(F)(F)F)cc2ccccc12. The molecule has 0 spiro atoms. The number of benzene rings is 2. The van der Waals surface area contributed by atoms with Gasteiger partial charge in [-0.3, -0.25) is 10.2 Å². The van der Waals surface area contributed by atoms with Gasteiger partial charge in [-0.05, 0) is 29.5 Å². The molecule has 0 aliphatic carbocycles. The average molecular weight is 380 g/mol. The summed E-state index contributed by atoms with van der Waals surface area (Å²) >= 11 is 0. The maximum Gasteiger partial charge on any atom is 0.409 e. The summed E-state index contributed by atoms with van der Waals surface area (Å²) in [5, 5.41) is 2.43. The second-order valence-electron chi connectivity index (χ2n) is 6.72. The molecule has 1 atom stereocenters. The van der Waals surface area contributed by atoms with Crippen molar-refractivity contribution >= 4 is 16.7 Å². The number of nitrogens with zero attached hydrogens (tertiary/aromatic N) is 1. The van der Waals surface area contributed by atoms with Crippen LogP contribution in [0, 0.1) is 0 Å². The second kappa shape index (κ2) is 8.17. The van der Waals surface area contributed by atoms with Crippen LogP contribution in [0.4, 0.5) is 13.2 Å². The van der Waals surface area contributed by atoms with Crippen LogP contribution >= 0.6 is 0 Å². The predicted octanol–water partition coefficient (Wildman–Crippen LogP) is 4.75. The number of hydrogen-bond acceptors (Lipinski definition) is 3. The summed E-state index contributed by atoms with van der Waals surface area (Å²) in [4.78, 5) is 11.5. The number of fused-ring (bicyclic) bond motifs is 1. The molecule has 0 unspecified atom stereocenters. The zero-order valence-electron chi connectivity index (χ0n) is 15.2. The molecule has 1 fully saturated rings. The molecule has 1 N–H and O–H groups in total. The fraction of sp³-hybridized carbons (Fsp3) is 0.450. The maximum absolute atomic E-state index is 13.8. The summed E-state index contributed by atoms with van der Waals surface area (Å²) in [7, 11) is 0. The molecule has 2 aromatic rings. The smallest absolute Gasteiger partial charge is 0.409 e.